The highest BCUT2D eigenvalue weighted by Crippen LogP contribution is 2.20. The van der Waals surface area contributed by atoms with Crippen molar-refractivity contribution in [3.05, 3.63) is 50.8 Å². The second-order valence-electron chi connectivity index (χ2n) is 6.81. The van der Waals surface area contributed by atoms with Crippen LogP contribution in [0.3, 0.4) is 0 Å². The molecule has 3 aromatic heterocycles. The maximum absolute atomic E-state index is 12.5. The number of hydrogen-bond donors (Lipinski definition) is 2. The van der Waals surface area contributed by atoms with Crippen molar-refractivity contribution >= 4 is 39.9 Å². The number of aromatic nitrogens is 3. The Hall–Kier alpha value is -2.33. The Bertz CT molecular complexity index is 1070. The van der Waals surface area contributed by atoms with Crippen LogP contribution in [0.5, 0.6) is 0 Å². The van der Waals surface area contributed by atoms with Crippen LogP contribution in [0.2, 0.25) is 5.15 Å². The summed E-state index contributed by atoms with van der Waals surface area (Å²) in [5.41, 5.74) is -0.153. The first-order valence-electron chi connectivity index (χ1n) is 9.63. The monoisotopic (exact) mass is 449 g/mol. The van der Waals surface area contributed by atoms with Gasteiger partial charge in [0, 0.05) is 30.4 Å². The molecule has 0 aromatic carbocycles. The predicted molar refractivity (Wildman–Crippen MR) is 119 cm³/mol. The molecule has 0 unspecified atom stereocenters. The number of carbonyl (C=O) groups excluding carboxylic acids is 1. The molecule has 4 rings (SSSR count). The summed E-state index contributed by atoms with van der Waals surface area (Å²) >= 11 is 7.27. The summed E-state index contributed by atoms with van der Waals surface area (Å²) in [6.07, 6.45) is 3.02. The second kappa shape index (κ2) is 10.1. The highest BCUT2D eigenvalue weighted by atomic mass is 35.5. The Morgan fingerprint density at radius 3 is 2.80 bits per heavy atom. The number of carbonyl (C=O) groups is 1. The number of nitrogens with one attached hydrogen (secondary N) is 2. The number of pyridine rings is 2. The van der Waals surface area contributed by atoms with Crippen LogP contribution in [0, 0.1) is 5.92 Å². The molecule has 1 saturated heterocycles. The molecular weight excluding hydrogens is 426 g/mol. The fourth-order valence-corrected chi connectivity index (χ4v) is 3.97. The van der Waals surface area contributed by atoms with Crippen molar-refractivity contribution in [3.63, 3.8) is 0 Å². The number of halogens is 1. The van der Waals surface area contributed by atoms with E-state index in [2.05, 4.69) is 27.5 Å². The van der Waals surface area contributed by atoms with E-state index in [1.54, 1.807) is 29.1 Å². The lowest BCUT2D eigenvalue weighted by Crippen LogP contribution is -2.31. The molecule has 2 N–H and O–H groups in total. The van der Waals surface area contributed by atoms with Crippen molar-refractivity contribution in [2.24, 2.45) is 5.92 Å². The summed E-state index contributed by atoms with van der Waals surface area (Å²) in [7, 11) is 2.02. The molecule has 160 valence electrons. The maximum Gasteiger partial charge on any atom is 0.343 e. The average Bonchev–Trinajstić information content (AvgIpc) is 3.40. The van der Waals surface area contributed by atoms with Gasteiger partial charge in [0.15, 0.2) is 10.8 Å². The Kier molecular flexibility index (Phi) is 7.54. The van der Waals surface area contributed by atoms with Crippen molar-refractivity contribution in [3.8, 4) is 5.13 Å². The lowest BCUT2D eigenvalue weighted by molar-refractivity contribution is 0.0524. The summed E-state index contributed by atoms with van der Waals surface area (Å²) in [6, 6.07) is 3.75. The SMILES string of the molecule is CCOC(=O)c1cn(-c2nccs2)c2nc(Cl)ccc2c1=O.CN[C@H]1CNC[C@@H]1C. The Morgan fingerprint density at radius 2 is 2.23 bits per heavy atom. The quantitative estimate of drug-likeness (QED) is 0.466. The van der Waals surface area contributed by atoms with E-state index >= 15 is 0 Å². The van der Waals surface area contributed by atoms with Gasteiger partial charge in [-0.25, -0.2) is 14.8 Å². The number of ether oxygens (including phenoxy) is 1. The smallest absolute Gasteiger partial charge is 0.343 e. The van der Waals surface area contributed by atoms with Crippen LogP contribution in [0.25, 0.3) is 16.2 Å². The first-order valence-corrected chi connectivity index (χ1v) is 10.9. The van der Waals surface area contributed by atoms with Crippen molar-refractivity contribution in [1.82, 2.24) is 25.2 Å². The van der Waals surface area contributed by atoms with E-state index in [1.807, 2.05) is 7.05 Å². The number of hydrogen-bond acceptors (Lipinski definition) is 8. The average molecular weight is 450 g/mol. The van der Waals surface area contributed by atoms with Gasteiger partial charge in [-0.05, 0) is 38.6 Å². The van der Waals surface area contributed by atoms with Gasteiger partial charge >= 0.3 is 5.97 Å². The lowest BCUT2D eigenvalue weighted by Gasteiger charge is -2.10. The second-order valence-corrected chi connectivity index (χ2v) is 8.07. The van der Waals surface area contributed by atoms with Crippen LogP contribution in [-0.4, -0.2) is 53.3 Å². The standard InChI is InChI=1S/C14H10ClN3O3S.C6H14N2/c1-2-21-13(20)9-7-18(14-16-5-6-22-14)12-8(11(9)19)3-4-10(15)17-12;1-5-3-8-4-6(5)7-2/h3-7H,2H2,1H3;5-8H,3-4H2,1-2H3/t;5-,6-/m.0/s1. The zero-order chi connectivity index (χ0) is 21.7. The number of thiazole rings is 1. The van der Waals surface area contributed by atoms with E-state index in [0.29, 0.717) is 16.8 Å². The molecule has 4 heterocycles. The van der Waals surface area contributed by atoms with E-state index in [1.165, 1.54) is 30.1 Å². The Balaban J connectivity index is 0.000000269. The van der Waals surface area contributed by atoms with E-state index in [-0.39, 0.29) is 22.7 Å². The third-order valence-corrected chi connectivity index (χ3v) is 5.81. The van der Waals surface area contributed by atoms with Gasteiger partial charge in [-0.2, -0.15) is 0 Å². The maximum atomic E-state index is 12.5. The fraction of sp³-hybridized carbons (Fsp3) is 0.400. The van der Waals surface area contributed by atoms with Gasteiger partial charge in [-0.3, -0.25) is 9.36 Å². The number of rotatable bonds is 4. The molecule has 8 nitrogen and oxygen atoms in total. The van der Waals surface area contributed by atoms with Crippen LogP contribution in [0.15, 0.2) is 34.7 Å². The van der Waals surface area contributed by atoms with Gasteiger partial charge in [-0.1, -0.05) is 18.5 Å². The zero-order valence-electron chi connectivity index (χ0n) is 17.0. The molecule has 0 bridgehead atoms. The third-order valence-electron chi connectivity index (χ3n) is 4.83. The minimum absolute atomic E-state index is 0.0614. The first-order chi connectivity index (χ1) is 14.5. The molecule has 1 aliphatic heterocycles. The van der Waals surface area contributed by atoms with Gasteiger partial charge in [0.1, 0.15) is 10.7 Å². The molecule has 0 saturated carbocycles. The molecule has 0 aliphatic carbocycles. The minimum Gasteiger partial charge on any atom is -0.462 e. The molecule has 1 fully saturated rings. The van der Waals surface area contributed by atoms with E-state index in [4.69, 9.17) is 16.3 Å². The molecule has 3 aromatic rings. The largest absolute Gasteiger partial charge is 0.462 e. The minimum atomic E-state index is -0.672. The van der Waals surface area contributed by atoms with Crippen molar-refractivity contribution in [2.75, 3.05) is 26.7 Å². The van der Waals surface area contributed by atoms with Crippen LogP contribution in [-0.2, 0) is 4.74 Å². The van der Waals surface area contributed by atoms with Crippen LogP contribution in [0.1, 0.15) is 24.2 Å². The Labute approximate surface area is 183 Å². The van der Waals surface area contributed by atoms with Crippen molar-refractivity contribution in [1.29, 1.82) is 0 Å². The van der Waals surface area contributed by atoms with Gasteiger partial charge in [0.25, 0.3) is 0 Å². The van der Waals surface area contributed by atoms with Crippen molar-refractivity contribution < 1.29 is 9.53 Å². The summed E-state index contributed by atoms with van der Waals surface area (Å²) in [5.74, 6) is 0.134. The highest BCUT2D eigenvalue weighted by Gasteiger charge is 2.20. The number of likely N-dealkylation sites (N-methyl/N-ethyl adjacent to an activating group) is 1. The van der Waals surface area contributed by atoms with Gasteiger partial charge in [-0.15, -0.1) is 11.3 Å². The molecule has 2 atom stereocenters. The fourth-order valence-electron chi connectivity index (χ4n) is 3.21. The highest BCUT2D eigenvalue weighted by molar-refractivity contribution is 7.12. The van der Waals surface area contributed by atoms with E-state index < -0.39 is 11.4 Å². The van der Waals surface area contributed by atoms with Gasteiger partial charge < -0.3 is 15.4 Å². The van der Waals surface area contributed by atoms with Crippen LogP contribution >= 0.6 is 22.9 Å². The normalized spacial score (nSPS) is 18.1. The predicted octanol–water partition coefficient (Wildman–Crippen LogP) is 2.49. The molecule has 0 spiro atoms. The molecule has 30 heavy (non-hydrogen) atoms. The van der Waals surface area contributed by atoms with Crippen LogP contribution in [0.4, 0.5) is 0 Å². The molecule has 10 heteroatoms. The van der Waals surface area contributed by atoms with E-state index in [0.717, 1.165) is 12.5 Å². The molecule has 0 amide bonds. The number of nitrogens with zero attached hydrogens (tertiary/aromatic N) is 3. The third kappa shape index (κ3) is 4.86. The van der Waals surface area contributed by atoms with Crippen LogP contribution < -0.4 is 16.1 Å². The summed E-state index contributed by atoms with van der Waals surface area (Å²) < 4.78 is 6.51. The summed E-state index contributed by atoms with van der Waals surface area (Å²) in [6.45, 7) is 6.44. The van der Waals surface area contributed by atoms with Gasteiger partial charge in [0.05, 0.1) is 12.0 Å². The van der Waals surface area contributed by atoms with E-state index in [9.17, 15) is 9.59 Å². The first kappa shape index (κ1) is 22.4. The number of esters is 1. The summed E-state index contributed by atoms with van der Waals surface area (Å²) in [4.78, 5) is 32.8. The Morgan fingerprint density at radius 1 is 1.43 bits per heavy atom. The number of fused-ring (bicyclic) bond motifs is 1. The summed E-state index contributed by atoms with van der Waals surface area (Å²) in [5, 5.41) is 9.46. The van der Waals surface area contributed by atoms with Crippen molar-refractivity contribution in [2.45, 2.75) is 19.9 Å². The molecular formula is C20H24ClN5O3S. The van der Waals surface area contributed by atoms with Gasteiger partial charge in [0.2, 0.25) is 5.43 Å². The lowest BCUT2D eigenvalue weighted by atomic mass is 10.1. The molecule has 1 aliphatic rings. The zero-order valence-corrected chi connectivity index (χ0v) is 18.6. The topological polar surface area (TPSA) is 98.1 Å². The molecule has 0 radical (unpaired) electrons.